The fraction of sp³-hybridized carbons (Fsp3) is 0.455. The number of fused-ring (bicyclic) bond motifs is 2. The Morgan fingerprint density at radius 3 is 1.52 bits per heavy atom. The van der Waals surface area contributed by atoms with Gasteiger partial charge in [0.1, 0.15) is 0 Å². The zero-order chi connectivity index (χ0) is 17.9. The van der Waals surface area contributed by atoms with Crippen LogP contribution in [0, 0.1) is 11.8 Å². The zero-order valence-corrected chi connectivity index (χ0v) is 18.7. The molecule has 0 N–H and O–H groups in total. The molecule has 3 heteroatoms. The lowest BCUT2D eigenvalue weighted by Gasteiger charge is -2.41. The van der Waals surface area contributed by atoms with E-state index in [4.69, 9.17) is 0 Å². The van der Waals surface area contributed by atoms with Crippen LogP contribution < -0.4 is 0 Å². The first kappa shape index (κ1) is 17.5. The van der Waals surface area contributed by atoms with Crippen molar-refractivity contribution in [2.24, 2.45) is 11.8 Å². The van der Waals surface area contributed by atoms with Crippen molar-refractivity contribution in [2.75, 3.05) is 0 Å². The topological polar surface area (TPSA) is 0 Å². The van der Waals surface area contributed by atoms with Gasteiger partial charge in [-0.1, -0.05) is 51.9 Å². The largest absolute Gasteiger partial charge is 0.144 e. The van der Waals surface area contributed by atoms with Gasteiger partial charge >= 0.3 is 0 Å². The lowest BCUT2D eigenvalue weighted by Crippen LogP contribution is -2.43. The minimum absolute atomic E-state index is 0.631. The molecule has 2 aliphatic rings. The number of thiophene rings is 2. The van der Waals surface area contributed by atoms with Crippen LogP contribution in [0.1, 0.15) is 59.7 Å². The highest BCUT2D eigenvalue weighted by Crippen LogP contribution is 2.56. The molecular weight excluding hydrogens is 356 g/mol. The van der Waals surface area contributed by atoms with Gasteiger partial charge in [0.25, 0.3) is 0 Å². The summed E-state index contributed by atoms with van der Waals surface area (Å²) in [6.45, 7) is 14.8. The molecule has 0 radical (unpaired) electrons. The Kier molecular flexibility index (Phi) is 4.25. The summed E-state index contributed by atoms with van der Waals surface area (Å²) in [5, 5.41) is 4.58. The highest BCUT2D eigenvalue weighted by molar-refractivity contribution is 7.11. The number of allylic oxidation sites excluding steroid dienone is 2. The van der Waals surface area contributed by atoms with E-state index < -0.39 is 8.07 Å². The van der Waals surface area contributed by atoms with Gasteiger partial charge in [-0.2, -0.15) is 0 Å². The fourth-order valence-electron chi connectivity index (χ4n) is 5.03. The average molecular weight is 385 g/mol. The first-order chi connectivity index (χ1) is 11.8. The predicted octanol–water partition coefficient (Wildman–Crippen LogP) is 7.57. The second kappa shape index (κ2) is 6.07. The van der Waals surface area contributed by atoms with Crippen molar-refractivity contribution in [2.45, 2.75) is 51.9 Å². The van der Waals surface area contributed by atoms with Gasteiger partial charge < -0.3 is 0 Å². The second-order valence-corrected chi connectivity index (χ2v) is 15.5. The molecule has 4 rings (SSSR count). The molecule has 25 heavy (non-hydrogen) atoms. The number of rotatable bonds is 4. The summed E-state index contributed by atoms with van der Waals surface area (Å²) in [6.07, 6.45) is 5.04. The van der Waals surface area contributed by atoms with Gasteiger partial charge in [0, 0.05) is 20.8 Å². The molecule has 2 aromatic rings. The second-order valence-electron chi connectivity index (χ2n) is 8.77. The Morgan fingerprint density at radius 2 is 1.16 bits per heavy atom. The molecule has 2 aromatic heterocycles. The van der Waals surface area contributed by atoms with E-state index in [0.29, 0.717) is 22.9 Å². The molecule has 0 spiro atoms. The van der Waals surface area contributed by atoms with Crippen LogP contribution in [0.2, 0.25) is 13.1 Å². The molecule has 2 unspecified atom stereocenters. The summed E-state index contributed by atoms with van der Waals surface area (Å²) >= 11 is 3.85. The Morgan fingerprint density at radius 1 is 0.760 bits per heavy atom. The van der Waals surface area contributed by atoms with Crippen molar-refractivity contribution in [1.82, 2.24) is 0 Å². The van der Waals surface area contributed by atoms with Gasteiger partial charge in [-0.3, -0.25) is 0 Å². The summed E-state index contributed by atoms with van der Waals surface area (Å²) in [4.78, 5) is 3.04. The highest BCUT2D eigenvalue weighted by atomic mass is 32.1. The van der Waals surface area contributed by atoms with E-state index in [1.807, 2.05) is 22.7 Å². The number of hydrogen-bond donors (Lipinski definition) is 0. The monoisotopic (exact) mass is 384 g/mol. The van der Waals surface area contributed by atoms with Crippen molar-refractivity contribution in [1.29, 1.82) is 0 Å². The van der Waals surface area contributed by atoms with E-state index in [-0.39, 0.29) is 0 Å². The van der Waals surface area contributed by atoms with Gasteiger partial charge in [-0.15, -0.1) is 22.7 Å². The Labute approximate surface area is 161 Å². The molecule has 2 atom stereocenters. The van der Waals surface area contributed by atoms with Crippen LogP contribution in [0.4, 0.5) is 0 Å². The van der Waals surface area contributed by atoms with Crippen LogP contribution in [0.5, 0.6) is 0 Å². The van der Waals surface area contributed by atoms with Crippen molar-refractivity contribution in [3.8, 4) is 0 Å². The lowest BCUT2D eigenvalue weighted by molar-refractivity contribution is 0.709. The predicted molar refractivity (Wildman–Crippen MR) is 117 cm³/mol. The Balaban J connectivity index is 1.84. The normalized spacial score (nSPS) is 22.4. The smallest absolute Gasteiger partial charge is 0.0723 e. The molecule has 0 saturated heterocycles. The van der Waals surface area contributed by atoms with Crippen LogP contribution in [0.15, 0.2) is 34.0 Å². The van der Waals surface area contributed by atoms with Gasteiger partial charge in [0.05, 0.1) is 8.07 Å². The van der Waals surface area contributed by atoms with E-state index in [1.165, 1.54) is 9.75 Å². The standard InChI is InChI=1S/C22H28S2Si/c1-13(2)17-11-19-15(7-9-23-19)21(17)25(5,6)22-16-8-10-24-20(16)12-18(22)14(3)4/h7-14,21-22H,1-6H3. The summed E-state index contributed by atoms with van der Waals surface area (Å²) in [6, 6.07) is 4.82. The molecule has 0 saturated carbocycles. The maximum Gasteiger partial charge on any atom is 0.0723 e. The van der Waals surface area contributed by atoms with Crippen molar-refractivity contribution in [3.63, 3.8) is 0 Å². The Hall–Kier alpha value is -0.903. The first-order valence-electron chi connectivity index (χ1n) is 9.40. The van der Waals surface area contributed by atoms with E-state index in [1.54, 1.807) is 22.3 Å². The molecule has 132 valence electrons. The van der Waals surface area contributed by atoms with Crippen LogP contribution in [0.25, 0.3) is 12.2 Å². The van der Waals surface area contributed by atoms with Crippen molar-refractivity contribution in [3.05, 3.63) is 54.9 Å². The maximum atomic E-state index is 2.65. The molecule has 0 nitrogen and oxygen atoms in total. The van der Waals surface area contributed by atoms with Crippen molar-refractivity contribution < 1.29 is 0 Å². The molecule has 2 heterocycles. The average Bonchev–Trinajstić information content (AvgIpc) is 3.24. The lowest BCUT2D eigenvalue weighted by atomic mass is 10.00. The quantitative estimate of drug-likeness (QED) is 0.477. The summed E-state index contributed by atoms with van der Waals surface area (Å²) in [5.41, 5.74) is 7.93. The fourth-order valence-corrected chi connectivity index (χ4v) is 12.0. The van der Waals surface area contributed by atoms with E-state index in [0.717, 1.165) is 0 Å². The van der Waals surface area contributed by atoms with Crippen LogP contribution in [0.3, 0.4) is 0 Å². The van der Waals surface area contributed by atoms with Crippen LogP contribution in [-0.2, 0) is 0 Å². The van der Waals surface area contributed by atoms with Crippen LogP contribution in [-0.4, -0.2) is 8.07 Å². The van der Waals surface area contributed by atoms with E-state index in [2.05, 4.69) is 75.8 Å². The number of hydrogen-bond acceptors (Lipinski definition) is 2. The maximum absolute atomic E-state index is 2.65. The molecule has 0 amide bonds. The molecule has 0 fully saturated rings. The first-order valence-corrected chi connectivity index (χ1v) is 14.3. The summed E-state index contributed by atoms with van der Waals surface area (Å²) in [7, 11) is -1.64. The third-order valence-electron chi connectivity index (χ3n) is 6.16. The van der Waals surface area contributed by atoms with Gasteiger partial charge in [-0.05, 0) is 58.0 Å². The van der Waals surface area contributed by atoms with Gasteiger partial charge in [-0.25, -0.2) is 0 Å². The molecule has 0 aromatic carbocycles. The third-order valence-corrected chi connectivity index (χ3v) is 12.2. The Bertz CT molecular complexity index is 790. The summed E-state index contributed by atoms with van der Waals surface area (Å²) in [5.74, 6) is 1.26. The van der Waals surface area contributed by atoms with E-state index >= 15 is 0 Å². The molecule has 0 aliphatic heterocycles. The van der Waals surface area contributed by atoms with Crippen LogP contribution >= 0.6 is 22.7 Å². The molecular formula is C22H28S2Si. The SMILES string of the molecule is CC(C)C1=Cc2sccc2C1[Si](C)(C)C1C(C(C)C)=Cc2sccc21. The van der Waals surface area contributed by atoms with E-state index in [9.17, 15) is 0 Å². The summed E-state index contributed by atoms with van der Waals surface area (Å²) < 4.78 is 0. The van der Waals surface area contributed by atoms with Gasteiger partial charge in [0.15, 0.2) is 0 Å². The van der Waals surface area contributed by atoms with Gasteiger partial charge in [0.2, 0.25) is 0 Å². The third kappa shape index (κ3) is 2.58. The molecule has 0 bridgehead atoms. The molecule has 2 aliphatic carbocycles. The highest BCUT2D eigenvalue weighted by Gasteiger charge is 2.49. The van der Waals surface area contributed by atoms with Crippen molar-refractivity contribution >= 4 is 42.9 Å². The minimum atomic E-state index is -1.64. The zero-order valence-electron chi connectivity index (χ0n) is 16.1. The minimum Gasteiger partial charge on any atom is -0.144 e.